The van der Waals surface area contributed by atoms with Crippen molar-refractivity contribution < 1.29 is 9.53 Å². The lowest BCUT2D eigenvalue weighted by Gasteiger charge is -1.90. The van der Waals surface area contributed by atoms with Crippen LogP contribution in [0.5, 0.6) is 0 Å². The van der Waals surface area contributed by atoms with Crippen molar-refractivity contribution in [2.45, 2.75) is 6.92 Å². The van der Waals surface area contributed by atoms with Gasteiger partial charge in [0, 0.05) is 0 Å². The van der Waals surface area contributed by atoms with E-state index < -0.39 is 0 Å². The van der Waals surface area contributed by atoms with Crippen LogP contribution in [0.15, 0.2) is 3.21 Å². The van der Waals surface area contributed by atoms with E-state index in [9.17, 15) is 4.79 Å². The van der Waals surface area contributed by atoms with Gasteiger partial charge in [-0.15, -0.1) is 0 Å². The smallest absolute Gasteiger partial charge is 0.349 e. The molecule has 0 aromatic heterocycles. The molecule has 0 unspecified atom stereocenters. The van der Waals surface area contributed by atoms with E-state index in [4.69, 9.17) is 0 Å². The number of ether oxygens (including phenoxy) is 1. The molecule has 0 radical (unpaired) electrons. The zero-order chi connectivity index (χ0) is 6.41. The van der Waals surface area contributed by atoms with Gasteiger partial charge in [-0.05, 0) is 6.92 Å². The van der Waals surface area contributed by atoms with Gasteiger partial charge in [0.15, 0.2) is 0 Å². The Kier molecular flexibility index (Phi) is 4.93. The minimum atomic E-state index is -0.387. The molecule has 0 atom stereocenters. The summed E-state index contributed by atoms with van der Waals surface area (Å²) in [5, 5.41) is 0. The molecule has 0 saturated heterocycles. The SMILES string of the molecule is CCOC(=O)C=NI. The maximum Gasteiger partial charge on any atom is 0.349 e. The minimum absolute atomic E-state index is 0.387. The first kappa shape index (κ1) is 7.87. The van der Waals surface area contributed by atoms with Gasteiger partial charge in [-0.3, -0.25) is 0 Å². The van der Waals surface area contributed by atoms with Crippen LogP contribution >= 0.6 is 22.9 Å². The Hall–Kier alpha value is -0.130. The molecule has 0 aromatic carbocycles. The van der Waals surface area contributed by atoms with Crippen molar-refractivity contribution in [1.29, 1.82) is 0 Å². The third-order valence-corrected chi connectivity index (χ3v) is 0.719. The van der Waals surface area contributed by atoms with Gasteiger partial charge in [0.25, 0.3) is 0 Å². The zero-order valence-electron chi connectivity index (χ0n) is 4.43. The number of esters is 1. The quantitative estimate of drug-likeness (QED) is 0.400. The molecule has 0 bridgehead atoms. The van der Waals surface area contributed by atoms with Crippen LogP contribution in [0.25, 0.3) is 0 Å². The molecule has 3 nitrogen and oxygen atoms in total. The first-order valence-electron chi connectivity index (χ1n) is 2.12. The zero-order valence-corrected chi connectivity index (χ0v) is 6.58. The van der Waals surface area contributed by atoms with Crippen molar-refractivity contribution in [3.8, 4) is 0 Å². The second-order valence-corrected chi connectivity index (χ2v) is 1.54. The summed E-state index contributed by atoms with van der Waals surface area (Å²) in [7, 11) is 0. The van der Waals surface area contributed by atoms with E-state index in [2.05, 4.69) is 7.94 Å². The number of nitrogens with zero attached hydrogens (tertiary/aromatic N) is 1. The lowest BCUT2D eigenvalue weighted by Crippen LogP contribution is -2.03. The highest BCUT2D eigenvalue weighted by molar-refractivity contribution is 14.1. The highest BCUT2D eigenvalue weighted by atomic mass is 127. The summed E-state index contributed by atoms with van der Waals surface area (Å²) in [5.74, 6) is -0.387. The molecule has 0 spiro atoms. The Balaban J connectivity index is 3.33. The number of hydrogen-bond donors (Lipinski definition) is 0. The van der Waals surface area contributed by atoms with E-state index in [1.165, 1.54) is 0 Å². The minimum Gasteiger partial charge on any atom is -0.462 e. The number of rotatable bonds is 2. The van der Waals surface area contributed by atoms with E-state index >= 15 is 0 Å². The molecule has 0 amide bonds. The summed E-state index contributed by atoms with van der Waals surface area (Å²) in [4.78, 5) is 10.3. The summed E-state index contributed by atoms with van der Waals surface area (Å²) in [6.07, 6.45) is 1.13. The van der Waals surface area contributed by atoms with Gasteiger partial charge in [-0.25, -0.2) is 8.00 Å². The summed E-state index contributed by atoms with van der Waals surface area (Å²) < 4.78 is 7.91. The molecule has 0 saturated carbocycles. The predicted octanol–water partition coefficient (Wildman–Crippen LogP) is 0.970. The van der Waals surface area contributed by atoms with Crippen molar-refractivity contribution >= 4 is 35.0 Å². The van der Waals surface area contributed by atoms with Gasteiger partial charge in [0.2, 0.25) is 0 Å². The van der Waals surface area contributed by atoms with Crippen LogP contribution in [-0.4, -0.2) is 18.8 Å². The Morgan fingerprint density at radius 2 is 2.62 bits per heavy atom. The topological polar surface area (TPSA) is 38.7 Å². The molecular weight excluding hydrogens is 221 g/mol. The Bertz CT molecular complexity index is 102. The average Bonchev–Trinajstić information content (AvgIpc) is 1.68. The summed E-state index contributed by atoms with van der Waals surface area (Å²) in [5.41, 5.74) is 0. The maximum absolute atomic E-state index is 10.3. The normalized spacial score (nSPS) is 9.75. The van der Waals surface area contributed by atoms with Gasteiger partial charge in [-0.1, -0.05) is 0 Å². The van der Waals surface area contributed by atoms with E-state index in [0.717, 1.165) is 6.21 Å². The highest BCUT2D eigenvalue weighted by Crippen LogP contribution is 1.79. The standard InChI is InChI=1S/C4H6INO2/c1-2-8-4(7)3-6-5/h3H,2H2,1H3. The fraction of sp³-hybridized carbons (Fsp3) is 0.500. The van der Waals surface area contributed by atoms with Gasteiger partial charge < -0.3 is 4.74 Å². The van der Waals surface area contributed by atoms with Crippen LogP contribution in [0.2, 0.25) is 0 Å². The van der Waals surface area contributed by atoms with Crippen molar-refractivity contribution in [3.05, 3.63) is 0 Å². The molecule has 0 aromatic rings. The average molecular weight is 227 g/mol. The molecule has 4 heteroatoms. The van der Waals surface area contributed by atoms with Crippen molar-refractivity contribution in [2.75, 3.05) is 6.61 Å². The molecule has 0 aliphatic rings. The number of carbonyl (C=O) groups is 1. The molecule has 0 aliphatic heterocycles. The molecular formula is C4H6INO2. The fourth-order valence-corrected chi connectivity index (χ4v) is 0.447. The number of hydrogen-bond acceptors (Lipinski definition) is 3. The molecule has 0 heterocycles. The summed E-state index contributed by atoms with van der Waals surface area (Å²) in [6, 6.07) is 0. The molecule has 8 heavy (non-hydrogen) atoms. The van der Waals surface area contributed by atoms with Crippen LogP contribution in [0.3, 0.4) is 0 Å². The number of halogens is 1. The van der Waals surface area contributed by atoms with Crippen LogP contribution in [0.1, 0.15) is 6.92 Å². The van der Waals surface area contributed by atoms with Gasteiger partial charge in [0.1, 0.15) is 6.21 Å². The second kappa shape index (κ2) is 5.02. The summed E-state index contributed by atoms with van der Waals surface area (Å²) >= 11 is 1.71. The van der Waals surface area contributed by atoms with Gasteiger partial charge in [-0.2, -0.15) is 0 Å². The van der Waals surface area contributed by atoms with Crippen LogP contribution in [0, 0.1) is 0 Å². The third-order valence-electron chi connectivity index (χ3n) is 0.441. The molecule has 46 valence electrons. The van der Waals surface area contributed by atoms with E-state index in [1.54, 1.807) is 29.8 Å². The van der Waals surface area contributed by atoms with E-state index in [1.807, 2.05) is 0 Å². The second-order valence-electron chi connectivity index (χ2n) is 0.979. The van der Waals surface area contributed by atoms with Crippen molar-refractivity contribution in [2.24, 2.45) is 3.21 Å². The lowest BCUT2D eigenvalue weighted by molar-refractivity contribution is -0.134. The van der Waals surface area contributed by atoms with Crippen molar-refractivity contribution in [1.82, 2.24) is 0 Å². The summed E-state index contributed by atoms with van der Waals surface area (Å²) in [6.45, 7) is 2.15. The van der Waals surface area contributed by atoms with Crippen LogP contribution in [0.4, 0.5) is 0 Å². The number of carbonyl (C=O) groups excluding carboxylic acids is 1. The fourth-order valence-electron chi connectivity index (χ4n) is 0.219. The highest BCUT2D eigenvalue weighted by Gasteiger charge is 1.90. The van der Waals surface area contributed by atoms with Gasteiger partial charge in [0.05, 0.1) is 29.5 Å². The lowest BCUT2D eigenvalue weighted by atomic mass is 10.7. The largest absolute Gasteiger partial charge is 0.462 e. The Morgan fingerprint density at radius 1 is 2.00 bits per heavy atom. The molecule has 0 aliphatic carbocycles. The Morgan fingerprint density at radius 3 is 3.00 bits per heavy atom. The first-order chi connectivity index (χ1) is 3.81. The van der Waals surface area contributed by atoms with E-state index in [0.29, 0.717) is 6.61 Å². The van der Waals surface area contributed by atoms with Crippen LogP contribution < -0.4 is 0 Å². The molecule has 0 fully saturated rings. The first-order valence-corrected chi connectivity index (χ1v) is 3.08. The maximum atomic E-state index is 10.3. The molecule has 0 rings (SSSR count). The van der Waals surface area contributed by atoms with E-state index in [-0.39, 0.29) is 5.97 Å². The van der Waals surface area contributed by atoms with Crippen LogP contribution in [-0.2, 0) is 9.53 Å². The predicted molar refractivity (Wildman–Crippen MR) is 39.1 cm³/mol. The van der Waals surface area contributed by atoms with Crippen molar-refractivity contribution in [3.63, 3.8) is 0 Å². The van der Waals surface area contributed by atoms with Gasteiger partial charge >= 0.3 is 5.97 Å². The molecule has 0 N–H and O–H groups in total. The Labute approximate surface area is 61.6 Å². The third kappa shape index (κ3) is 4.04. The monoisotopic (exact) mass is 227 g/mol.